The maximum absolute atomic E-state index is 12.2. The molecule has 0 aliphatic carbocycles. The highest BCUT2D eigenvalue weighted by molar-refractivity contribution is 6.07. The Morgan fingerprint density at radius 1 is 0.964 bits per heavy atom. The van der Waals surface area contributed by atoms with E-state index in [-0.39, 0.29) is 5.91 Å². The Hall–Kier alpha value is -3.86. The number of para-hydroxylation sites is 1. The molecule has 0 bridgehead atoms. The van der Waals surface area contributed by atoms with Crippen LogP contribution >= 0.6 is 0 Å². The van der Waals surface area contributed by atoms with E-state index in [1.807, 2.05) is 66.7 Å². The summed E-state index contributed by atoms with van der Waals surface area (Å²) in [5.41, 5.74) is 6.86. The lowest BCUT2D eigenvalue weighted by molar-refractivity contribution is 0.0955. The number of hydrogen-bond acceptors (Lipinski definition) is 3. The minimum Gasteiger partial charge on any atom is -0.495 e. The fourth-order valence-electron chi connectivity index (χ4n) is 3.16. The third-order valence-electron chi connectivity index (χ3n) is 4.51. The minimum atomic E-state index is -0.254. The van der Waals surface area contributed by atoms with E-state index in [2.05, 4.69) is 15.5 Å². The molecule has 0 aliphatic rings. The number of H-pyrrole nitrogens is 1. The van der Waals surface area contributed by atoms with Crippen molar-refractivity contribution < 1.29 is 9.53 Å². The van der Waals surface area contributed by atoms with Crippen molar-refractivity contribution in [2.45, 2.75) is 0 Å². The predicted molar refractivity (Wildman–Crippen MR) is 112 cm³/mol. The average Bonchev–Trinajstić information content (AvgIpc) is 3.13. The minimum absolute atomic E-state index is 0.254. The van der Waals surface area contributed by atoms with Crippen molar-refractivity contribution in [2.75, 3.05) is 7.11 Å². The third-order valence-corrected chi connectivity index (χ3v) is 4.51. The first-order chi connectivity index (χ1) is 13.8. The number of fused-ring (bicyclic) bond motifs is 1. The summed E-state index contributed by atoms with van der Waals surface area (Å²) in [6, 6.07) is 24.8. The molecule has 1 aromatic heterocycles. The average molecular weight is 369 g/mol. The normalized spacial score (nSPS) is 11.0. The summed E-state index contributed by atoms with van der Waals surface area (Å²) < 4.78 is 5.49. The molecule has 1 amide bonds. The molecule has 0 aliphatic heterocycles. The van der Waals surface area contributed by atoms with Gasteiger partial charge in [0.2, 0.25) is 0 Å². The van der Waals surface area contributed by atoms with Gasteiger partial charge in [0.25, 0.3) is 5.91 Å². The Morgan fingerprint density at radius 3 is 2.39 bits per heavy atom. The zero-order valence-corrected chi connectivity index (χ0v) is 15.3. The Morgan fingerprint density at radius 2 is 1.68 bits per heavy atom. The van der Waals surface area contributed by atoms with Crippen LogP contribution in [0, 0.1) is 0 Å². The number of hydrogen-bond donors (Lipinski definition) is 2. The van der Waals surface area contributed by atoms with E-state index in [1.165, 1.54) is 0 Å². The van der Waals surface area contributed by atoms with Crippen molar-refractivity contribution in [3.63, 3.8) is 0 Å². The lowest BCUT2D eigenvalue weighted by atomic mass is 10.1. The second kappa shape index (κ2) is 7.80. The fourth-order valence-corrected chi connectivity index (χ4v) is 3.16. The summed E-state index contributed by atoms with van der Waals surface area (Å²) in [7, 11) is 1.64. The van der Waals surface area contributed by atoms with E-state index >= 15 is 0 Å². The quantitative estimate of drug-likeness (QED) is 0.399. The highest BCUT2D eigenvalue weighted by Crippen LogP contribution is 2.33. The van der Waals surface area contributed by atoms with Crippen LogP contribution in [0.25, 0.3) is 22.2 Å². The van der Waals surface area contributed by atoms with Gasteiger partial charge in [0.1, 0.15) is 5.75 Å². The number of aromatic nitrogens is 1. The van der Waals surface area contributed by atoms with E-state index in [0.29, 0.717) is 5.56 Å². The van der Waals surface area contributed by atoms with Crippen molar-refractivity contribution in [1.82, 2.24) is 10.4 Å². The van der Waals surface area contributed by atoms with Crippen molar-refractivity contribution in [3.05, 3.63) is 90.0 Å². The van der Waals surface area contributed by atoms with Gasteiger partial charge in [-0.3, -0.25) is 4.79 Å². The summed E-state index contributed by atoms with van der Waals surface area (Å²) in [5, 5.41) is 5.17. The van der Waals surface area contributed by atoms with E-state index < -0.39 is 0 Å². The number of nitrogens with one attached hydrogen (secondary N) is 2. The predicted octanol–water partition coefficient (Wildman–Crippen LogP) is 4.61. The van der Waals surface area contributed by atoms with Crippen molar-refractivity contribution in [2.24, 2.45) is 5.10 Å². The van der Waals surface area contributed by atoms with Crippen molar-refractivity contribution in [1.29, 1.82) is 0 Å². The van der Waals surface area contributed by atoms with Crippen LogP contribution in [0.4, 0.5) is 0 Å². The topological polar surface area (TPSA) is 66.5 Å². The van der Waals surface area contributed by atoms with Gasteiger partial charge in [0.15, 0.2) is 0 Å². The van der Waals surface area contributed by atoms with E-state index in [4.69, 9.17) is 4.74 Å². The number of benzene rings is 3. The number of ether oxygens (including phenoxy) is 1. The monoisotopic (exact) mass is 369 g/mol. The van der Waals surface area contributed by atoms with Crippen LogP contribution in [0.2, 0.25) is 0 Å². The lowest BCUT2D eigenvalue weighted by Crippen LogP contribution is -2.17. The highest BCUT2D eigenvalue weighted by atomic mass is 16.5. The number of amides is 1. The first-order valence-corrected chi connectivity index (χ1v) is 8.90. The standard InChI is InChI=1S/C23H19N3O2/c1-28-20-14-8-13-18-19(15-24-26-23(27)17-11-6-3-7-12-17)21(25-22(18)20)16-9-4-2-5-10-16/h2-15,25H,1H3,(H,26,27)/b24-15+. The second-order valence-corrected chi connectivity index (χ2v) is 6.23. The summed E-state index contributed by atoms with van der Waals surface area (Å²) in [6.45, 7) is 0. The van der Waals surface area contributed by atoms with E-state index in [1.54, 1.807) is 25.5 Å². The third kappa shape index (κ3) is 3.38. The fraction of sp³-hybridized carbons (Fsp3) is 0.0435. The molecule has 138 valence electrons. The van der Waals surface area contributed by atoms with Gasteiger partial charge < -0.3 is 9.72 Å². The van der Waals surface area contributed by atoms with Crippen LogP contribution < -0.4 is 10.2 Å². The summed E-state index contributed by atoms with van der Waals surface area (Å²) in [5.74, 6) is 0.498. The number of aromatic amines is 1. The number of nitrogens with zero attached hydrogens (tertiary/aromatic N) is 1. The number of rotatable bonds is 5. The first kappa shape index (κ1) is 17.5. The number of methoxy groups -OCH3 is 1. The molecule has 0 radical (unpaired) electrons. The first-order valence-electron chi connectivity index (χ1n) is 8.90. The molecule has 3 aromatic carbocycles. The van der Waals surface area contributed by atoms with Gasteiger partial charge in [-0.15, -0.1) is 0 Å². The zero-order valence-electron chi connectivity index (χ0n) is 15.3. The van der Waals surface area contributed by atoms with Crippen LogP contribution in [-0.4, -0.2) is 24.2 Å². The second-order valence-electron chi connectivity index (χ2n) is 6.23. The van der Waals surface area contributed by atoms with Gasteiger partial charge in [-0.2, -0.15) is 5.10 Å². The molecule has 0 spiro atoms. The molecule has 0 saturated carbocycles. The van der Waals surface area contributed by atoms with E-state index in [9.17, 15) is 4.79 Å². The van der Waals surface area contributed by atoms with Gasteiger partial charge in [-0.05, 0) is 23.8 Å². The maximum Gasteiger partial charge on any atom is 0.271 e. The largest absolute Gasteiger partial charge is 0.495 e. The van der Waals surface area contributed by atoms with Crippen LogP contribution in [0.1, 0.15) is 15.9 Å². The number of carbonyl (C=O) groups is 1. The molecule has 1 heterocycles. The molecule has 0 atom stereocenters. The van der Waals surface area contributed by atoms with Crippen molar-refractivity contribution in [3.8, 4) is 17.0 Å². The van der Waals surface area contributed by atoms with Crippen LogP contribution in [0.3, 0.4) is 0 Å². The molecule has 0 unspecified atom stereocenters. The molecule has 0 saturated heterocycles. The van der Waals surface area contributed by atoms with Crippen LogP contribution in [0.5, 0.6) is 5.75 Å². The van der Waals surface area contributed by atoms with Crippen LogP contribution in [-0.2, 0) is 0 Å². The Balaban J connectivity index is 1.73. The molecule has 0 fully saturated rings. The lowest BCUT2D eigenvalue weighted by Gasteiger charge is -2.02. The summed E-state index contributed by atoms with van der Waals surface area (Å²) in [4.78, 5) is 15.7. The van der Waals surface area contributed by atoms with Crippen LogP contribution in [0.15, 0.2) is 84.0 Å². The highest BCUT2D eigenvalue weighted by Gasteiger charge is 2.14. The molecule has 2 N–H and O–H groups in total. The summed E-state index contributed by atoms with van der Waals surface area (Å²) in [6.07, 6.45) is 1.67. The smallest absolute Gasteiger partial charge is 0.271 e. The summed E-state index contributed by atoms with van der Waals surface area (Å²) >= 11 is 0. The van der Waals surface area contributed by atoms with Crippen molar-refractivity contribution >= 4 is 23.0 Å². The Labute approximate surface area is 162 Å². The van der Waals surface area contributed by atoms with Gasteiger partial charge >= 0.3 is 0 Å². The zero-order chi connectivity index (χ0) is 19.3. The van der Waals surface area contributed by atoms with Gasteiger partial charge in [0.05, 0.1) is 24.5 Å². The molecule has 28 heavy (non-hydrogen) atoms. The number of hydrazone groups is 1. The molecule has 4 rings (SSSR count). The van der Waals surface area contributed by atoms with Gasteiger partial charge in [-0.25, -0.2) is 5.43 Å². The Kier molecular flexibility index (Phi) is 4.89. The molecular weight excluding hydrogens is 350 g/mol. The molecule has 5 heteroatoms. The SMILES string of the molecule is COc1cccc2c(/C=N/NC(=O)c3ccccc3)c(-c3ccccc3)[nH]c12. The maximum atomic E-state index is 12.2. The Bertz CT molecular complexity index is 1130. The van der Waals surface area contributed by atoms with Gasteiger partial charge in [0, 0.05) is 16.5 Å². The van der Waals surface area contributed by atoms with Gasteiger partial charge in [-0.1, -0.05) is 60.7 Å². The number of carbonyl (C=O) groups excluding carboxylic acids is 1. The molecular formula is C23H19N3O2. The molecule has 4 aromatic rings. The molecule has 5 nitrogen and oxygen atoms in total. The van der Waals surface area contributed by atoms with E-state index in [0.717, 1.165) is 33.5 Å².